The summed E-state index contributed by atoms with van der Waals surface area (Å²) in [6, 6.07) is 2.18. The van der Waals surface area contributed by atoms with Gasteiger partial charge in [0.05, 0.1) is 13.2 Å². The van der Waals surface area contributed by atoms with Crippen LogP contribution in [-0.2, 0) is 16.1 Å². The third-order valence-electron chi connectivity index (χ3n) is 3.66. The van der Waals surface area contributed by atoms with Crippen LogP contribution in [0.1, 0.15) is 13.8 Å². The molecule has 0 aromatic carbocycles. The Bertz CT molecular complexity index is 399. The van der Waals surface area contributed by atoms with Gasteiger partial charge in [-0.2, -0.15) is 5.10 Å². The smallest absolute Gasteiger partial charge is 0.241 e. The Morgan fingerprint density at radius 3 is 2.75 bits per heavy atom. The first-order valence-electron chi connectivity index (χ1n) is 7.22. The number of hydrogen-bond acceptors (Lipinski definition) is 4. The summed E-state index contributed by atoms with van der Waals surface area (Å²) in [5.74, 6) is 0.505. The van der Waals surface area contributed by atoms with Gasteiger partial charge in [0.15, 0.2) is 0 Å². The highest BCUT2D eigenvalue weighted by atomic mass is 16.5. The molecule has 2 rings (SSSR count). The highest BCUT2D eigenvalue weighted by molar-refractivity contribution is 5.75. The quantitative estimate of drug-likeness (QED) is 0.817. The van der Waals surface area contributed by atoms with Crippen molar-refractivity contribution in [2.75, 3.05) is 32.8 Å². The van der Waals surface area contributed by atoms with Crippen molar-refractivity contribution in [1.82, 2.24) is 20.0 Å². The van der Waals surface area contributed by atoms with Crippen LogP contribution in [0.4, 0.5) is 0 Å². The SMILES string of the molecule is CC(C)[C@H](CNC(=O)Cn1cccn1)N1CCOCC1. The van der Waals surface area contributed by atoms with E-state index in [9.17, 15) is 4.79 Å². The first kappa shape index (κ1) is 15.0. The molecule has 1 amide bonds. The fourth-order valence-corrected chi connectivity index (χ4v) is 2.51. The molecule has 1 aromatic heterocycles. The molecule has 0 aliphatic carbocycles. The van der Waals surface area contributed by atoms with E-state index < -0.39 is 0 Å². The molecular formula is C14H24N4O2. The van der Waals surface area contributed by atoms with Crippen LogP contribution in [0.25, 0.3) is 0 Å². The Hall–Kier alpha value is -1.40. The van der Waals surface area contributed by atoms with E-state index in [4.69, 9.17) is 4.74 Å². The van der Waals surface area contributed by atoms with Gasteiger partial charge in [-0.25, -0.2) is 0 Å². The minimum absolute atomic E-state index is 0.00705. The van der Waals surface area contributed by atoms with E-state index in [1.165, 1.54) is 0 Å². The average molecular weight is 280 g/mol. The molecule has 1 aliphatic heterocycles. The number of rotatable bonds is 6. The fourth-order valence-electron chi connectivity index (χ4n) is 2.51. The van der Waals surface area contributed by atoms with Crippen molar-refractivity contribution in [2.45, 2.75) is 26.4 Å². The first-order valence-corrected chi connectivity index (χ1v) is 7.22. The van der Waals surface area contributed by atoms with Crippen LogP contribution in [0.5, 0.6) is 0 Å². The first-order chi connectivity index (χ1) is 9.66. The number of nitrogens with one attached hydrogen (secondary N) is 1. The van der Waals surface area contributed by atoms with Gasteiger partial charge in [0.25, 0.3) is 0 Å². The average Bonchev–Trinajstić information content (AvgIpc) is 2.92. The molecule has 0 radical (unpaired) electrons. The van der Waals surface area contributed by atoms with Gasteiger partial charge in [0.2, 0.25) is 5.91 Å². The lowest BCUT2D eigenvalue weighted by Crippen LogP contribution is -2.51. The summed E-state index contributed by atoms with van der Waals surface area (Å²) in [4.78, 5) is 14.3. The van der Waals surface area contributed by atoms with Gasteiger partial charge < -0.3 is 10.1 Å². The molecule has 0 bridgehead atoms. The summed E-state index contributed by atoms with van der Waals surface area (Å²) >= 11 is 0. The molecule has 112 valence electrons. The summed E-state index contributed by atoms with van der Waals surface area (Å²) < 4.78 is 7.02. The van der Waals surface area contributed by atoms with Gasteiger partial charge in [-0.15, -0.1) is 0 Å². The van der Waals surface area contributed by atoms with Gasteiger partial charge in [-0.05, 0) is 12.0 Å². The highest BCUT2D eigenvalue weighted by Gasteiger charge is 2.24. The summed E-state index contributed by atoms with van der Waals surface area (Å²) in [6.07, 6.45) is 3.47. The molecule has 0 saturated carbocycles. The van der Waals surface area contributed by atoms with Gasteiger partial charge in [0, 0.05) is 38.1 Å². The Balaban J connectivity index is 1.80. The van der Waals surface area contributed by atoms with E-state index in [1.54, 1.807) is 17.1 Å². The molecule has 20 heavy (non-hydrogen) atoms. The molecule has 2 heterocycles. The van der Waals surface area contributed by atoms with E-state index in [-0.39, 0.29) is 12.5 Å². The van der Waals surface area contributed by atoms with Crippen LogP contribution in [0.15, 0.2) is 18.5 Å². The van der Waals surface area contributed by atoms with Gasteiger partial charge in [0.1, 0.15) is 6.54 Å². The molecule has 6 nitrogen and oxygen atoms in total. The van der Waals surface area contributed by atoms with Crippen molar-refractivity contribution in [2.24, 2.45) is 5.92 Å². The lowest BCUT2D eigenvalue weighted by molar-refractivity contribution is -0.122. The number of hydrogen-bond donors (Lipinski definition) is 1. The predicted octanol–water partition coefficient (Wildman–Crippen LogP) is 0.356. The summed E-state index contributed by atoms with van der Waals surface area (Å²) in [7, 11) is 0. The maximum atomic E-state index is 11.9. The van der Waals surface area contributed by atoms with Crippen molar-refractivity contribution in [3.05, 3.63) is 18.5 Å². The molecule has 0 unspecified atom stereocenters. The number of ether oxygens (including phenoxy) is 1. The van der Waals surface area contributed by atoms with Crippen LogP contribution < -0.4 is 5.32 Å². The second-order valence-electron chi connectivity index (χ2n) is 5.47. The zero-order valence-electron chi connectivity index (χ0n) is 12.3. The fraction of sp³-hybridized carbons (Fsp3) is 0.714. The lowest BCUT2D eigenvalue weighted by Gasteiger charge is -2.36. The molecule has 1 saturated heterocycles. The molecule has 1 atom stereocenters. The van der Waals surface area contributed by atoms with E-state index >= 15 is 0 Å². The second-order valence-corrected chi connectivity index (χ2v) is 5.47. The summed E-state index contributed by atoms with van der Waals surface area (Å²) in [5, 5.41) is 7.05. The Labute approximate surface area is 120 Å². The van der Waals surface area contributed by atoms with Crippen LogP contribution in [-0.4, -0.2) is 59.5 Å². The summed E-state index contributed by atoms with van der Waals surface area (Å²) in [5.41, 5.74) is 0. The number of aromatic nitrogens is 2. The normalized spacial score (nSPS) is 18.1. The molecule has 6 heteroatoms. The third-order valence-corrected chi connectivity index (χ3v) is 3.66. The van der Waals surface area contributed by atoms with Crippen LogP contribution >= 0.6 is 0 Å². The maximum Gasteiger partial charge on any atom is 0.241 e. The van der Waals surface area contributed by atoms with E-state index in [1.807, 2.05) is 6.07 Å². The van der Waals surface area contributed by atoms with Crippen molar-refractivity contribution in [3.63, 3.8) is 0 Å². The van der Waals surface area contributed by atoms with Crippen molar-refractivity contribution >= 4 is 5.91 Å². The Morgan fingerprint density at radius 1 is 1.40 bits per heavy atom. The topological polar surface area (TPSA) is 59.4 Å². The standard InChI is InChI=1S/C14H24N4O2/c1-12(2)13(17-6-8-20-9-7-17)10-15-14(19)11-18-5-3-4-16-18/h3-5,12-13H,6-11H2,1-2H3,(H,15,19)/t13-/m0/s1. The molecule has 1 aromatic rings. The third kappa shape index (κ3) is 4.31. The van der Waals surface area contributed by atoms with Gasteiger partial charge >= 0.3 is 0 Å². The van der Waals surface area contributed by atoms with Crippen molar-refractivity contribution in [3.8, 4) is 0 Å². The molecule has 1 aliphatic rings. The minimum atomic E-state index is 0.00705. The van der Waals surface area contributed by atoms with E-state index in [0.717, 1.165) is 26.3 Å². The number of carbonyl (C=O) groups excluding carboxylic acids is 1. The minimum Gasteiger partial charge on any atom is -0.379 e. The zero-order chi connectivity index (χ0) is 14.4. The Morgan fingerprint density at radius 2 is 2.15 bits per heavy atom. The number of amides is 1. The van der Waals surface area contributed by atoms with Crippen LogP contribution in [0, 0.1) is 5.92 Å². The van der Waals surface area contributed by atoms with E-state index in [0.29, 0.717) is 18.5 Å². The Kier molecular flexibility index (Phi) is 5.55. The van der Waals surface area contributed by atoms with Crippen molar-refractivity contribution < 1.29 is 9.53 Å². The lowest BCUT2D eigenvalue weighted by atomic mass is 10.0. The highest BCUT2D eigenvalue weighted by Crippen LogP contribution is 2.12. The zero-order valence-corrected chi connectivity index (χ0v) is 12.3. The second kappa shape index (κ2) is 7.40. The number of carbonyl (C=O) groups is 1. The van der Waals surface area contributed by atoms with Gasteiger partial charge in [-0.3, -0.25) is 14.4 Å². The molecule has 1 N–H and O–H groups in total. The number of nitrogens with zero attached hydrogens (tertiary/aromatic N) is 3. The summed E-state index contributed by atoms with van der Waals surface area (Å²) in [6.45, 7) is 8.79. The monoisotopic (exact) mass is 280 g/mol. The van der Waals surface area contributed by atoms with Crippen LogP contribution in [0.2, 0.25) is 0 Å². The van der Waals surface area contributed by atoms with Crippen LogP contribution in [0.3, 0.4) is 0 Å². The predicted molar refractivity (Wildman–Crippen MR) is 76.3 cm³/mol. The van der Waals surface area contributed by atoms with E-state index in [2.05, 4.69) is 29.2 Å². The maximum absolute atomic E-state index is 11.9. The molecular weight excluding hydrogens is 256 g/mol. The molecule has 0 spiro atoms. The molecule has 1 fully saturated rings. The van der Waals surface area contributed by atoms with Crippen molar-refractivity contribution in [1.29, 1.82) is 0 Å². The largest absolute Gasteiger partial charge is 0.379 e. The number of morpholine rings is 1. The van der Waals surface area contributed by atoms with Gasteiger partial charge in [-0.1, -0.05) is 13.8 Å².